The molecule has 8 heteroatoms. The Balaban J connectivity index is 1.56. The van der Waals surface area contributed by atoms with E-state index in [-0.39, 0.29) is 6.01 Å². The predicted octanol–water partition coefficient (Wildman–Crippen LogP) is 4.72. The van der Waals surface area contributed by atoms with Gasteiger partial charge in [0.2, 0.25) is 0 Å². The van der Waals surface area contributed by atoms with Crippen LogP contribution in [-0.2, 0) is 13.6 Å². The van der Waals surface area contributed by atoms with E-state index in [9.17, 15) is 0 Å². The zero-order chi connectivity index (χ0) is 23.5. The third-order valence-corrected chi connectivity index (χ3v) is 5.47. The monoisotopic (exact) mass is 452 g/mol. The summed E-state index contributed by atoms with van der Waals surface area (Å²) in [5, 5.41) is 8.08. The summed E-state index contributed by atoms with van der Waals surface area (Å²) in [6.45, 7) is 0.622. The summed E-state index contributed by atoms with van der Waals surface area (Å²) in [5.41, 5.74) is 5.83. The molecule has 170 valence electrons. The molecule has 34 heavy (non-hydrogen) atoms. The van der Waals surface area contributed by atoms with E-state index in [1.165, 1.54) is 0 Å². The lowest BCUT2D eigenvalue weighted by molar-refractivity contribution is 0.382. The van der Waals surface area contributed by atoms with Crippen LogP contribution in [0.1, 0.15) is 5.56 Å². The van der Waals surface area contributed by atoms with Gasteiger partial charge >= 0.3 is 6.01 Å². The Labute approximate surface area is 197 Å². The highest BCUT2D eigenvalue weighted by molar-refractivity contribution is 5.94. The number of methoxy groups -OCH3 is 2. The number of hydrogen-bond donors (Lipinski definition) is 1. The van der Waals surface area contributed by atoms with Gasteiger partial charge in [0.25, 0.3) is 0 Å². The predicted molar refractivity (Wildman–Crippen MR) is 132 cm³/mol. The molecule has 0 aliphatic carbocycles. The summed E-state index contributed by atoms with van der Waals surface area (Å²) < 4.78 is 12.4. The Morgan fingerprint density at radius 2 is 1.62 bits per heavy atom. The number of hydrogen-bond acceptors (Lipinski definition) is 7. The number of fused-ring (bicyclic) bond motifs is 1. The number of anilines is 1. The molecular formula is C26H24N6O2. The van der Waals surface area contributed by atoms with E-state index in [0.29, 0.717) is 23.3 Å². The van der Waals surface area contributed by atoms with Crippen LogP contribution in [0.4, 0.5) is 5.82 Å². The van der Waals surface area contributed by atoms with Crippen molar-refractivity contribution in [3.8, 4) is 34.3 Å². The maximum atomic E-state index is 5.39. The molecule has 0 amide bonds. The van der Waals surface area contributed by atoms with Gasteiger partial charge in [-0.15, -0.1) is 0 Å². The van der Waals surface area contributed by atoms with Gasteiger partial charge in [-0.1, -0.05) is 42.5 Å². The van der Waals surface area contributed by atoms with Crippen LogP contribution in [0.15, 0.2) is 72.9 Å². The number of nitrogens with zero attached hydrogens (tertiary/aromatic N) is 5. The van der Waals surface area contributed by atoms with E-state index in [2.05, 4.69) is 15.3 Å². The second-order valence-electron chi connectivity index (χ2n) is 7.76. The third kappa shape index (κ3) is 4.25. The first-order valence-electron chi connectivity index (χ1n) is 10.8. The van der Waals surface area contributed by atoms with E-state index in [4.69, 9.17) is 19.6 Å². The number of benzene rings is 2. The summed E-state index contributed by atoms with van der Waals surface area (Å²) in [7, 11) is 5.11. The van der Waals surface area contributed by atoms with Crippen LogP contribution in [0, 0.1) is 0 Å². The van der Waals surface area contributed by atoms with Crippen LogP contribution >= 0.6 is 0 Å². The van der Waals surface area contributed by atoms with Gasteiger partial charge in [-0.2, -0.15) is 15.1 Å². The maximum absolute atomic E-state index is 5.39. The Kier molecular flexibility index (Phi) is 5.78. The normalized spacial score (nSPS) is 10.9. The number of rotatable bonds is 7. The highest BCUT2D eigenvalue weighted by atomic mass is 16.5. The van der Waals surface area contributed by atoms with Crippen molar-refractivity contribution in [3.63, 3.8) is 0 Å². The molecule has 0 atom stereocenters. The SMILES string of the molecule is COc1ccc(CNc2ccc3nc(OC)nc(-c4cn(C)nc4-c4ccccc4)c3n2)cc1. The quantitative estimate of drug-likeness (QED) is 0.382. The molecule has 0 saturated carbocycles. The number of aryl methyl sites for hydroxylation is 1. The molecule has 0 aliphatic rings. The molecule has 0 aliphatic heterocycles. The van der Waals surface area contributed by atoms with E-state index in [1.807, 2.05) is 80.0 Å². The van der Waals surface area contributed by atoms with Gasteiger partial charge in [-0.05, 0) is 29.8 Å². The second kappa shape index (κ2) is 9.19. The van der Waals surface area contributed by atoms with E-state index >= 15 is 0 Å². The van der Waals surface area contributed by atoms with Crippen molar-refractivity contribution in [2.45, 2.75) is 6.54 Å². The molecule has 8 nitrogen and oxygen atoms in total. The van der Waals surface area contributed by atoms with Crippen LogP contribution in [0.3, 0.4) is 0 Å². The lowest BCUT2D eigenvalue weighted by atomic mass is 10.0. The first-order chi connectivity index (χ1) is 16.6. The zero-order valence-electron chi connectivity index (χ0n) is 19.2. The highest BCUT2D eigenvalue weighted by Crippen LogP contribution is 2.34. The molecule has 0 bridgehead atoms. The third-order valence-electron chi connectivity index (χ3n) is 5.47. The number of aromatic nitrogens is 5. The Morgan fingerprint density at radius 1 is 0.824 bits per heavy atom. The van der Waals surface area contributed by atoms with Crippen molar-refractivity contribution in [1.29, 1.82) is 0 Å². The molecular weight excluding hydrogens is 428 g/mol. The molecule has 3 heterocycles. The molecule has 3 aromatic heterocycles. The Bertz CT molecular complexity index is 1430. The van der Waals surface area contributed by atoms with Crippen molar-refractivity contribution in [1.82, 2.24) is 24.7 Å². The van der Waals surface area contributed by atoms with Crippen LogP contribution in [0.2, 0.25) is 0 Å². The molecule has 0 radical (unpaired) electrons. The van der Waals surface area contributed by atoms with E-state index < -0.39 is 0 Å². The van der Waals surface area contributed by atoms with Gasteiger partial charge in [0.15, 0.2) is 0 Å². The minimum Gasteiger partial charge on any atom is -0.497 e. The van der Waals surface area contributed by atoms with Crippen LogP contribution in [-0.4, -0.2) is 39.0 Å². The fraction of sp³-hybridized carbons (Fsp3) is 0.154. The zero-order valence-corrected chi connectivity index (χ0v) is 19.2. The summed E-state index contributed by atoms with van der Waals surface area (Å²) in [4.78, 5) is 14.0. The fourth-order valence-electron chi connectivity index (χ4n) is 3.78. The van der Waals surface area contributed by atoms with Crippen molar-refractivity contribution in [2.75, 3.05) is 19.5 Å². The number of ether oxygens (including phenoxy) is 2. The first kappa shape index (κ1) is 21.4. The molecule has 0 unspecified atom stereocenters. The lowest BCUT2D eigenvalue weighted by Gasteiger charge is -2.11. The van der Waals surface area contributed by atoms with Crippen LogP contribution in [0.5, 0.6) is 11.8 Å². The smallest absolute Gasteiger partial charge is 0.317 e. The molecule has 5 rings (SSSR count). The van der Waals surface area contributed by atoms with Gasteiger partial charge in [-0.3, -0.25) is 4.68 Å². The fourth-order valence-corrected chi connectivity index (χ4v) is 3.78. The molecule has 1 N–H and O–H groups in total. The molecule has 5 aromatic rings. The summed E-state index contributed by atoms with van der Waals surface area (Å²) in [5.74, 6) is 1.55. The van der Waals surface area contributed by atoms with E-state index in [0.717, 1.165) is 34.0 Å². The van der Waals surface area contributed by atoms with E-state index in [1.54, 1.807) is 18.9 Å². The molecule has 0 spiro atoms. The average molecular weight is 453 g/mol. The number of pyridine rings is 1. The van der Waals surface area contributed by atoms with Crippen LogP contribution in [0.25, 0.3) is 33.5 Å². The summed E-state index contributed by atoms with van der Waals surface area (Å²) in [6.07, 6.45) is 1.95. The second-order valence-corrected chi connectivity index (χ2v) is 7.76. The van der Waals surface area contributed by atoms with Gasteiger partial charge in [-0.25, -0.2) is 4.98 Å². The summed E-state index contributed by atoms with van der Waals surface area (Å²) in [6, 6.07) is 22.1. The minimum atomic E-state index is 0.283. The standard InChI is InChI=1S/C26H24N6O2/c1-32-16-20(23(31-32)18-7-5-4-6-8-18)24-25-21(28-26(30-24)34-3)13-14-22(29-25)27-15-17-9-11-19(33-2)12-10-17/h4-14,16H,15H2,1-3H3,(H,27,29). The van der Waals surface area contributed by atoms with Gasteiger partial charge in [0, 0.05) is 30.9 Å². The van der Waals surface area contributed by atoms with Crippen molar-refractivity contribution >= 4 is 16.9 Å². The largest absolute Gasteiger partial charge is 0.497 e. The maximum Gasteiger partial charge on any atom is 0.317 e. The van der Waals surface area contributed by atoms with Gasteiger partial charge in [0.1, 0.15) is 28.5 Å². The minimum absolute atomic E-state index is 0.283. The van der Waals surface area contributed by atoms with Crippen molar-refractivity contribution < 1.29 is 9.47 Å². The molecule has 0 fully saturated rings. The molecule has 0 saturated heterocycles. The Morgan fingerprint density at radius 3 is 2.35 bits per heavy atom. The average Bonchev–Trinajstić information content (AvgIpc) is 3.29. The topological polar surface area (TPSA) is 87.0 Å². The van der Waals surface area contributed by atoms with Crippen molar-refractivity contribution in [2.24, 2.45) is 7.05 Å². The first-order valence-corrected chi connectivity index (χ1v) is 10.8. The van der Waals surface area contributed by atoms with Crippen molar-refractivity contribution in [3.05, 3.63) is 78.5 Å². The summed E-state index contributed by atoms with van der Waals surface area (Å²) >= 11 is 0. The van der Waals surface area contributed by atoms with Gasteiger partial charge < -0.3 is 14.8 Å². The molecule has 2 aromatic carbocycles. The van der Waals surface area contributed by atoms with Crippen LogP contribution < -0.4 is 14.8 Å². The Hall–Kier alpha value is -4.46. The lowest BCUT2D eigenvalue weighted by Crippen LogP contribution is -2.03. The number of nitrogens with one attached hydrogen (secondary N) is 1. The highest BCUT2D eigenvalue weighted by Gasteiger charge is 2.19. The van der Waals surface area contributed by atoms with Gasteiger partial charge in [0.05, 0.1) is 19.7 Å².